The van der Waals surface area contributed by atoms with E-state index in [1.807, 2.05) is 44.2 Å². The summed E-state index contributed by atoms with van der Waals surface area (Å²) >= 11 is 1.65. The maximum atomic E-state index is 12.0. The zero-order valence-electron chi connectivity index (χ0n) is 12.7. The molecule has 1 N–H and O–H groups in total. The molecule has 21 heavy (non-hydrogen) atoms. The molecular formula is C18H21NOS. The minimum atomic E-state index is 0.0489. The first-order valence-electron chi connectivity index (χ1n) is 7.09. The van der Waals surface area contributed by atoms with Crippen LogP contribution in [-0.2, 0) is 4.79 Å². The number of carbonyl (C=O) groups is 1. The fraction of sp³-hybridized carbons (Fsp3) is 0.278. The Bertz CT molecular complexity index is 590. The molecule has 0 bridgehead atoms. The van der Waals surface area contributed by atoms with Crippen molar-refractivity contribution < 1.29 is 4.79 Å². The lowest BCUT2D eigenvalue weighted by Crippen LogP contribution is -2.14. The fourth-order valence-electron chi connectivity index (χ4n) is 2.26. The first kappa shape index (κ1) is 15.6. The van der Waals surface area contributed by atoms with Gasteiger partial charge in [-0.25, -0.2) is 0 Å². The van der Waals surface area contributed by atoms with Gasteiger partial charge in [0, 0.05) is 10.9 Å². The van der Waals surface area contributed by atoms with Crippen LogP contribution in [0.2, 0.25) is 0 Å². The van der Waals surface area contributed by atoms with Gasteiger partial charge in [0.2, 0.25) is 5.91 Å². The van der Waals surface area contributed by atoms with Crippen molar-refractivity contribution in [3.8, 4) is 0 Å². The largest absolute Gasteiger partial charge is 0.325 e. The molecular weight excluding hydrogens is 278 g/mol. The lowest BCUT2D eigenvalue weighted by Gasteiger charge is -2.12. The standard InChI is InChI=1S/C18H21NOS/c1-13-9-14(2)11-17(10-13)19-18(20)12-21-15(3)16-7-5-4-6-8-16/h4-11,15H,12H2,1-3H3,(H,19,20)/t15-/m1/s1. The maximum Gasteiger partial charge on any atom is 0.234 e. The Labute approximate surface area is 131 Å². The van der Waals surface area contributed by atoms with Gasteiger partial charge in [-0.2, -0.15) is 0 Å². The van der Waals surface area contributed by atoms with Crippen LogP contribution in [0.5, 0.6) is 0 Å². The Kier molecular flexibility index (Phi) is 5.45. The van der Waals surface area contributed by atoms with Gasteiger partial charge in [0.05, 0.1) is 5.75 Å². The minimum absolute atomic E-state index is 0.0489. The molecule has 0 spiro atoms. The topological polar surface area (TPSA) is 29.1 Å². The number of nitrogens with one attached hydrogen (secondary N) is 1. The van der Waals surface area contributed by atoms with Crippen LogP contribution in [0, 0.1) is 13.8 Å². The van der Waals surface area contributed by atoms with Gasteiger partial charge < -0.3 is 5.32 Å². The van der Waals surface area contributed by atoms with E-state index in [1.165, 1.54) is 5.56 Å². The highest BCUT2D eigenvalue weighted by atomic mass is 32.2. The van der Waals surface area contributed by atoms with Gasteiger partial charge in [0.1, 0.15) is 0 Å². The molecule has 0 aliphatic rings. The predicted molar refractivity (Wildman–Crippen MR) is 91.9 cm³/mol. The van der Waals surface area contributed by atoms with E-state index in [0.29, 0.717) is 11.0 Å². The molecule has 2 aromatic carbocycles. The summed E-state index contributed by atoms with van der Waals surface area (Å²) in [5, 5.41) is 3.29. The molecule has 1 atom stereocenters. The number of hydrogen-bond donors (Lipinski definition) is 1. The summed E-state index contributed by atoms with van der Waals surface area (Å²) < 4.78 is 0. The molecule has 0 radical (unpaired) electrons. The molecule has 2 nitrogen and oxygen atoms in total. The van der Waals surface area contributed by atoms with Gasteiger partial charge in [0.15, 0.2) is 0 Å². The summed E-state index contributed by atoms with van der Waals surface area (Å²) in [7, 11) is 0. The third kappa shape index (κ3) is 4.94. The van der Waals surface area contributed by atoms with Crippen molar-refractivity contribution in [3.05, 3.63) is 65.2 Å². The third-order valence-corrected chi connectivity index (χ3v) is 4.44. The average Bonchev–Trinajstić information content (AvgIpc) is 2.44. The van der Waals surface area contributed by atoms with E-state index >= 15 is 0 Å². The zero-order chi connectivity index (χ0) is 15.2. The van der Waals surface area contributed by atoms with Crippen LogP contribution >= 0.6 is 11.8 Å². The van der Waals surface area contributed by atoms with Crippen molar-refractivity contribution in [1.82, 2.24) is 0 Å². The average molecular weight is 299 g/mol. The number of anilines is 1. The number of aryl methyl sites for hydroxylation is 2. The van der Waals surface area contributed by atoms with Gasteiger partial charge in [-0.05, 0) is 49.6 Å². The second-order valence-electron chi connectivity index (χ2n) is 5.29. The van der Waals surface area contributed by atoms with Crippen LogP contribution in [0.15, 0.2) is 48.5 Å². The van der Waals surface area contributed by atoms with Crippen molar-refractivity contribution in [2.24, 2.45) is 0 Å². The highest BCUT2D eigenvalue weighted by Crippen LogP contribution is 2.27. The molecule has 110 valence electrons. The quantitative estimate of drug-likeness (QED) is 0.864. The van der Waals surface area contributed by atoms with E-state index < -0.39 is 0 Å². The lowest BCUT2D eigenvalue weighted by molar-refractivity contribution is -0.113. The Morgan fingerprint density at radius 3 is 2.33 bits per heavy atom. The minimum Gasteiger partial charge on any atom is -0.325 e. The van der Waals surface area contributed by atoms with Crippen LogP contribution in [0.25, 0.3) is 0 Å². The van der Waals surface area contributed by atoms with Gasteiger partial charge in [-0.15, -0.1) is 11.8 Å². The predicted octanol–water partition coefficient (Wildman–Crippen LogP) is 4.74. The van der Waals surface area contributed by atoms with E-state index in [0.717, 1.165) is 16.8 Å². The second-order valence-corrected chi connectivity index (χ2v) is 6.62. The number of hydrogen-bond acceptors (Lipinski definition) is 2. The molecule has 0 fully saturated rings. The smallest absolute Gasteiger partial charge is 0.234 e. The highest BCUT2D eigenvalue weighted by molar-refractivity contribution is 8.00. The van der Waals surface area contributed by atoms with Crippen LogP contribution < -0.4 is 5.32 Å². The zero-order valence-corrected chi connectivity index (χ0v) is 13.5. The van der Waals surface area contributed by atoms with Crippen molar-refractivity contribution in [2.45, 2.75) is 26.0 Å². The van der Waals surface area contributed by atoms with Gasteiger partial charge >= 0.3 is 0 Å². The fourth-order valence-corrected chi connectivity index (χ4v) is 3.09. The maximum absolute atomic E-state index is 12.0. The molecule has 0 aromatic heterocycles. The summed E-state index contributed by atoms with van der Waals surface area (Å²) in [6.07, 6.45) is 0. The Hall–Kier alpha value is -1.74. The molecule has 1 amide bonds. The number of carbonyl (C=O) groups excluding carboxylic acids is 1. The summed E-state index contributed by atoms with van der Waals surface area (Å²) in [5.74, 6) is 0.510. The molecule has 0 unspecified atom stereocenters. The van der Waals surface area contributed by atoms with Gasteiger partial charge in [-0.1, -0.05) is 36.4 Å². The SMILES string of the molecule is Cc1cc(C)cc(NC(=O)CS[C@H](C)c2ccccc2)c1. The first-order chi connectivity index (χ1) is 10.0. The second kappa shape index (κ2) is 7.32. The molecule has 0 aliphatic heterocycles. The highest BCUT2D eigenvalue weighted by Gasteiger charge is 2.09. The molecule has 0 saturated carbocycles. The van der Waals surface area contributed by atoms with Crippen LogP contribution in [0.4, 0.5) is 5.69 Å². The third-order valence-electron chi connectivity index (χ3n) is 3.24. The van der Waals surface area contributed by atoms with Crippen LogP contribution in [0.1, 0.15) is 28.9 Å². The number of rotatable bonds is 5. The normalized spacial score (nSPS) is 12.0. The summed E-state index contributed by atoms with van der Waals surface area (Å²) in [4.78, 5) is 12.0. The van der Waals surface area contributed by atoms with Crippen LogP contribution in [-0.4, -0.2) is 11.7 Å². The molecule has 2 rings (SSSR count). The molecule has 0 heterocycles. The van der Waals surface area contributed by atoms with E-state index in [4.69, 9.17) is 0 Å². The number of amides is 1. The lowest BCUT2D eigenvalue weighted by atomic mass is 10.1. The molecule has 0 aliphatic carbocycles. The van der Waals surface area contributed by atoms with E-state index in [2.05, 4.69) is 30.4 Å². The Balaban J connectivity index is 1.87. The van der Waals surface area contributed by atoms with Crippen molar-refractivity contribution in [3.63, 3.8) is 0 Å². The number of benzene rings is 2. The Morgan fingerprint density at radius 1 is 1.10 bits per heavy atom. The van der Waals surface area contributed by atoms with E-state index in [9.17, 15) is 4.79 Å². The molecule has 0 saturated heterocycles. The summed E-state index contributed by atoms with van der Waals surface area (Å²) in [5.41, 5.74) is 4.46. The number of thioether (sulfide) groups is 1. The van der Waals surface area contributed by atoms with Gasteiger partial charge in [0.25, 0.3) is 0 Å². The summed E-state index contributed by atoms with van der Waals surface area (Å²) in [6.45, 7) is 6.20. The van der Waals surface area contributed by atoms with E-state index in [-0.39, 0.29) is 5.91 Å². The van der Waals surface area contributed by atoms with Crippen molar-refractivity contribution in [1.29, 1.82) is 0 Å². The summed E-state index contributed by atoms with van der Waals surface area (Å²) in [6, 6.07) is 16.4. The van der Waals surface area contributed by atoms with Crippen molar-refractivity contribution >= 4 is 23.4 Å². The van der Waals surface area contributed by atoms with Crippen LogP contribution in [0.3, 0.4) is 0 Å². The Morgan fingerprint density at radius 2 is 1.71 bits per heavy atom. The monoisotopic (exact) mass is 299 g/mol. The molecule has 3 heteroatoms. The first-order valence-corrected chi connectivity index (χ1v) is 8.14. The van der Waals surface area contributed by atoms with Crippen molar-refractivity contribution in [2.75, 3.05) is 11.1 Å². The molecule has 2 aromatic rings. The van der Waals surface area contributed by atoms with E-state index in [1.54, 1.807) is 11.8 Å². The van der Waals surface area contributed by atoms with Gasteiger partial charge in [-0.3, -0.25) is 4.79 Å².